The molecule has 0 N–H and O–H groups in total. The summed E-state index contributed by atoms with van der Waals surface area (Å²) in [4.78, 5) is 20.7. The number of hydrogen-bond acceptors (Lipinski definition) is 4. The fourth-order valence-corrected chi connectivity index (χ4v) is 2.34. The molecule has 20 heavy (non-hydrogen) atoms. The van der Waals surface area contributed by atoms with E-state index in [0.29, 0.717) is 16.5 Å². The quantitative estimate of drug-likeness (QED) is 0.672. The highest BCUT2D eigenvalue weighted by Crippen LogP contribution is 2.07. The SMILES string of the molecule is Cc1cc(Cl)nc(Cn2ccn3nc(C)cc3c2=O)n1. The summed E-state index contributed by atoms with van der Waals surface area (Å²) in [5.41, 5.74) is 1.97. The van der Waals surface area contributed by atoms with Crippen LogP contribution in [0.1, 0.15) is 17.2 Å². The first-order valence-electron chi connectivity index (χ1n) is 6.08. The standard InChI is InChI=1S/C13H12ClN5O/c1-8-6-11(14)16-12(15-8)7-18-3-4-19-10(13(18)20)5-9(2)17-19/h3-6H,7H2,1-2H3. The molecule has 3 heterocycles. The zero-order valence-corrected chi connectivity index (χ0v) is 11.8. The fourth-order valence-electron chi connectivity index (χ4n) is 2.08. The van der Waals surface area contributed by atoms with Gasteiger partial charge in [-0.2, -0.15) is 5.10 Å². The van der Waals surface area contributed by atoms with Crippen LogP contribution in [0.25, 0.3) is 5.52 Å². The van der Waals surface area contributed by atoms with Crippen LogP contribution in [0.3, 0.4) is 0 Å². The van der Waals surface area contributed by atoms with E-state index in [1.165, 1.54) is 0 Å². The smallest absolute Gasteiger partial charge is 0.276 e. The molecule has 0 fully saturated rings. The lowest BCUT2D eigenvalue weighted by atomic mass is 10.4. The highest BCUT2D eigenvalue weighted by molar-refractivity contribution is 6.29. The molecule has 0 amide bonds. The third-order valence-corrected chi connectivity index (χ3v) is 3.10. The average Bonchev–Trinajstić information content (AvgIpc) is 2.73. The Balaban J connectivity index is 2.06. The van der Waals surface area contributed by atoms with Crippen molar-refractivity contribution >= 4 is 17.1 Å². The van der Waals surface area contributed by atoms with Crippen LogP contribution in [-0.4, -0.2) is 24.1 Å². The average molecular weight is 290 g/mol. The van der Waals surface area contributed by atoms with Gasteiger partial charge in [0.1, 0.15) is 16.5 Å². The molecule has 3 aromatic rings. The number of aromatic nitrogens is 5. The summed E-state index contributed by atoms with van der Waals surface area (Å²) in [6.45, 7) is 3.96. The number of halogens is 1. The van der Waals surface area contributed by atoms with Gasteiger partial charge in [-0.1, -0.05) is 11.6 Å². The Bertz CT molecular complexity index is 831. The van der Waals surface area contributed by atoms with Crippen molar-refractivity contribution in [2.75, 3.05) is 0 Å². The molecule has 7 heteroatoms. The maximum atomic E-state index is 12.3. The summed E-state index contributed by atoms with van der Waals surface area (Å²) >= 11 is 5.90. The summed E-state index contributed by atoms with van der Waals surface area (Å²) in [6.07, 6.45) is 3.41. The van der Waals surface area contributed by atoms with Crippen molar-refractivity contribution in [2.24, 2.45) is 0 Å². The van der Waals surface area contributed by atoms with Crippen LogP contribution < -0.4 is 5.56 Å². The van der Waals surface area contributed by atoms with Crippen molar-refractivity contribution in [3.8, 4) is 0 Å². The molecule has 3 aromatic heterocycles. The molecule has 0 spiro atoms. The van der Waals surface area contributed by atoms with Gasteiger partial charge in [0.15, 0.2) is 0 Å². The van der Waals surface area contributed by atoms with E-state index in [9.17, 15) is 4.79 Å². The van der Waals surface area contributed by atoms with E-state index in [-0.39, 0.29) is 12.1 Å². The predicted octanol–water partition coefficient (Wildman–Crippen LogP) is 1.60. The zero-order chi connectivity index (χ0) is 14.3. The molecule has 0 aliphatic rings. The van der Waals surface area contributed by atoms with Crippen LogP contribution in [0.5, 0.6) is 0 Å². The molecule has 0 aromatic carbocycles. The third kappa shape index (κ3) is 2.30. The van der Waals surface area contributed by atoms with E-state index >= 15 is 0 Å². The van der Waals surface area contributed by atoms with Gasteiger partial charge in [-0.3, -0.25) is 4.79 Å². The van der Waals surface area contributed by atoms with Gasteiger partial charge in [0, 0.05) is 18.1 Å². The van der Waals surface area contributed by atoms with Gasteiger partial charge in [0.25, 0.3) is 5.56 Å². The molecule has 102 valence electrons. The molecular weight excluding hydrogens is 278 g/mol. The van der Waals surface area contributed by atoms with Crippen molar-refractivity contribution in [1.82, 2.24) is 24.1 Å². The minimum Gasteiger partial charge on any atom is -0.304 e. The Labute approximate surface area is 119 Å². The zero-order valence-electron chi connectivity index (χ0n) is 11.0. The number of aryl methyl sites for hydroxylation is 2. The van der Waals surface area contributed by atoms with Crippen molar-refractivity contribution in [1.29, 1.82) is 0 Å². The monoisotopic (exact) mass is 289 g/mol. The lowest BCUT2D eigenvalue weighted by Crippen LogP contribution is -2.22. The van der Waals surface area contributed by atoms with Crippen LogP contribution in [0.4, 0.5) is 0 Å². The third-order valence-electron chi connectivity index (χ3n) is 2.91. The molecule has 0 aliphatic carbocycles. The molecule has 0 aliphatic heterocycles. The Morgan fingerprint density at radius 1 is 1.15 bits per heavy atom. The normalized spacial score (nSPS) is 11.2. The summed E-state index contributed by atoms with van der Waals surface area (Å²) < 4.78 is 3.11. The Morgan fingerprint density at radius 3 is 2.70 bits per heavy atom. The topological polar surface area (TPSA) is 65.1 Å². The predicted molar refractivity (Wildman–Crippen MR) is 75.1 cm³/mol. The Morgan fingerprint density at radius 2 is 1.95 bits per heavy atom. The fraction of sp³-hybridized carbons (Fsp3) is 0.231. The largest absolute Gasteiger partial charge is 0.304 e. The number of hydrogen-bond donors (Lipinski definition) is 0. The van der Waals surface area contributed by atoms with Crippen LogP contribution in [0, 0.1) is 13.8 Å². The minimum absolute atomic E-state index is 0.130. The van der Waals surface area contributed by atoms with Gasteiger partial charge in [-0.15, -0.1) is 0 Å². The summed E-state index contributed by atoms with van der Waals surface area (Å²) in [7, 11) is 0. The maximum absolute atomic E-state index is 12.3. The van der Waals surface area contributed by atoms with E-state index in [0.717, 1.165) is 11.4 Å². The van der Waals surface area contributed by atoms with E-state index in [1.807, 2.05) is 13.8 Å². The number of fused-ring (bicyclic) bond motifs is 1. The highest BCUT2D eigenvalue weighted by Gasteiger charge is 2.08. The Hall–Kier alpha value is -2.21. The molecular formula is C13H12ClN5O. The molecule has 0 radical (unpaired) electrons. The maximum Gasteiger partial charge on any atom is 0.276 e. The van der Waals surface area contributed by atoms with E-state index < -0.39 is 0 Å². The van der Waals surface area contributed by atoms with Crippen LogP contribution in [0.15, 0.2) is 29.3 Å². The second-order valence-electron chi connectivity index (χ2n) is 4.60. The number of nitrogens with zero attached hydrogens (tertiary/aromatic N) is 5. The first-order chi connectivity index (χ1) is 9.52. The van der Waals surface area contributed by atoms with Gasteiger partial charge in [0.05, 0.1) is 12.2 Å². The van der Waals surface area contributed by atoms with Gasteiger partial charge in [0.2, 0.25) is 0 Å². The van der Waals surface area contributed by atoms with E-state index in [4.69, 9.17) is 11.6 Å². The second-order valence-corrected chi connectivity index (χ2v) is 4.98. The van der Waals surface area contributed by atoms with E-state index in [1.54, 1.807) is 33.6 Å². The summed E-state index contributed by atoms with van der Waals surface area (Å²) in [6, 6.07) is 3.43. The lowest BCUT2D eigenvalue weighted by Gasteiger charge is -2.06. The first-order valence-corrected chi connectivity index (χ1v) is 6.46. The molecule has 3 rings (SSSR count). The van der Waals surface area contributed by atoms with Crippen LogP contribution >= 0.6 is 11.6 Å². The van der Waals surface area contributed by atoms with Crippen molar-refractivity contribution < 1.29 is 0 Å². The molecule has 0 saturated carbocycles. The van der Waals surface area contributed by atoms with Gasteiger partial charge >= 0.3 is 0 Å². The lowest BCUT2D eigenvalue weighted by molar-refractivity contribution is 0.700. The van der Waals surface area contributed by atoms with Crippen LogP contribution in [-0.2, 0) is 6.54 Å². The van der Waals surface area contributed by atoms with Crippen molar-refractivity contribution in [3.05, 3.63) is 57.2 Å². The van der Waals surface area contributed by atoms with Crippen molar-refractivity contribution in [2.45, 2.75) is 20.4 Å². The number of rotatable bonds is 2. The van der Waals surface area contributed by atoms with Gasteiger partial charge in [-0.25, -0.2) is 14.5 Å². The second kappa shape index (κ2) is 4.72. The summed E-state index contributed by atoms with van der Waals surface area (Å²) in [5, 5.41) is 4.58. The molecule has 0 unspecified atom stereocenters. The van der Waals surface area contributed by atoms with Gasteiger partial charge in [-0.05, 0) is 26.0 Å². The van der Waals surface area contributed by atoms with Crippen molar-refractivity contribution in [3.63, 3.8) is 0 Å². The van der Waals surface area contributed by atoms with Crippen LogP contribution in [0.2, 0.25) is 5.15 Å². The molecule has 0 bridgehead atoms. The minimum atomic E-state index is -0.130. The summed E-state index contributed by atoms with van der Waals surface area (Å²) in [5.74, 6) is 0.512. The highest BCUT2D eigenvalue weighted by atomic mass is 35.5. The molecule has 6 nitrogen and oxygen atoms in total. The first kappa shape index (κ1) is 12.8. The van der Waals surface area contributed by atoms with E-state index in [2.05, 4.69) is 15.1 Å². The molecule has 0 atom stereocenters. The molecule has 0 saturated heterocycles. The Kier molecular flexibility index (Phi) is 3.02. The van der Waals surface area contributed by atoms with Gasteiger partial charge < -0.3 is 4.57 Å².